The van der Waals surface area contributed by atoms with Crippen LogP contribution in [0.3, 0.4) is 0 Å². The van der Waals surface area contributed by atoms with Gasteiger partial charge in [-0.05, 0) is 30.5 Å². The number of amides is 1. The maximum absolute atomic E-state index is 12.0. The van der Waals surface area contributed by atoms with Crippen molar-refractivity contribution < 1.29 is 18.3 Å². The molecule has 0 aliphatic carbocycles. The molecule has 3 N–H and O–H groups in total. The monoisotopic (exact) mass is 300 g/mol. The van der Waals surface area contributed by atoms with Crippen molar-refractivity contribution in [2.45, 2.75) is 39.3 Å². The second-order valence-electron chi connectivity index (χ2n) is 5.52. The number of carbonyl (C=O) groups is 1. The van der Waals surface area contributed by atoms with Crippen LogP contribution in [0.25, 0.3) is 0 Å². The number of carbonyl (C=O) groups excluding carboxylic acids is 1. The average Bonchev–Trinajstić information content (AvgIpc) is 2.40. The van der Waals surface area contributed by atoms with Crippen LogP contribution in [0, 0.1) is 5.92 Å². The van der Waals surface area contributed by atoms with Gasteiger partial charge in [0.25, 0.3) is 0 Å². The quantitative estimate of drug-likeness (QED) is 0.812. The van der Waals surface area contributed by atoms with Gasteiger partial charge in [-0.15, -0.1) is 0 Å². The highest BCUT2D eigenvalue weighted by atomic mass is 19.3. The second kappa shape index (κ2) is 7.36. The van der Waals surface area contributed by atoms with Gasteiger partial charge in [0.05, 0.1) is 12.0 Å². The number of halogens is 2. The van der Waals surface area contributed by atoms with Gasteiger partial charge in [0.1, 0.15) is 5.75 Å². The molecule has 0 bridgehead atoms. The molecular weight excluding hydrogens is 278 g/mol. The lowest BCUT2D eigenvalue weighted by Crippen LogP contribution is -2.55. The molecule has 0 radical (unpaired) electrons. The van der Waals surface area contributed by atoms with Gasteiger partial charge in [-0.3, -0.25) is 4.79 Å². The van der Waals surface area contributed by atoms with E-state index in [2.05, 4.69) is 10.1 Å². The van der Waals surface area contributed by atoms with E-state index >= 15 is 0 Å². The minimum atomic E-state index is -2.85. The molecule has 0 spiro atoms. The van der Waals surface area contributed by atoms with Gasteiger partial charge in [0.2, 0.25) is 5.91 Å². The van der Waals surface area contributed by atoms with Crippen LogP contribution in [0.2, 0.25) is 0 Å². The van der Waals surface area contributed by atoms with Crippen molar-refractivity contribution in [3.8, 4) is 5.75 Å². The lowest BCUT2D eigenvalue weighted by atomic mass is 9.88. The Morgan fingerprint density at radius 1 is 1.33 bits per heavy atom. The summed E-state index contributed by atoms with van der Waals surface area (Å²) in [5.41, 5.74) is 5.97. The van der Waals surface area contributed by atoms with Crippen molar-refractivity contribution in [2.75, 3.05) is 6.54 Å². The highest BCUT2D eigenvalue weighted by molar-refractivity contribution is 5.79. The topological polar surface area (TPSA) is 64.3 Å². The number of hydrogen-bond acceptors (Lipinski definition) is 3. The molecule has 0 saturated carbocycles. The summed E-state index contributed by atoms with van der Waals surface area (Å²) in [6.07, 6.45) is 0.164. The number of ether oxygens (including phenoxy) is 1. The zero-order valence-electron chi connectivity index (χ0n) is 12.5. The van der Waals surface area contributed by atoms with Crippen LogP contribution >= 0.6 is 0 Å². The van der Waals surface area contributed by atoms with Crippen molar-refractivity contribution in [3.63, 3.8) is 0 Å². The molecule has 1 amide bonds. The number of benzene rings is 1. The van der Waals surface area contributed by atoms with E-state index in [-0.39, 0.29) is 24.0 Å². The SMILES string of the molecule is CC(C)C(C)(CN)NC(=O)Cc1ccc(OC(F)F)cc1. The highest BCUT2D eigenvalue weighted by Crippen LogP contribution is 2.17. The van der Waals surface area contributed by atoms with Crippen molar-refractivity contribution in [1.29, 1.82) is 0 Å². The third-order valence-corrected chi connectivity index (χ3v) is 3.64. The van der Waals surface area contributed by atoms with Crippen LogP contribution in [0.1, 0.15) is 26.3 Å². The van der Waals surface area contributed by atoms with Crippen molar-refractivity contribution in [3.05, 3.63) is 29.8 Å². The Kier molecular flexibility index (Phi) is 6.08. The standard InChI is InChI=1S/C15H22F2N2O2/c1-10(2)15(3,9-18)19-13(20)8-11-4-6-12(7-5-11)21-14(16)17/h4-7,10,14H,8-9,18H2,1-3H3,(H,19,20). The Morgan fingerprint density at radius 3 is 2.33 bits per heavy atom. The molecule has 6 heteroatoms. The minimum absolute atomic E-state index is 0.0723. The van der Waals surface area contributed by atoms with E-state index in [1.165, 1.54) is 12.1 Å². The largest absolute Gasteiger partial charge is 0.435 e. The number of alkyl halides is 2. The fourth-order valence-electron chi connectivity index (χ4n) is 1.77. The fraction of sp³-hybridized carbons (Fsp3) is 0.533. The van der Waals surface area contributed by atoms with Gasteiger partial charge in [0.15, 0.2) is 0 Å². The number of nitrogens with one attached hydrogen (secondary N) is 1. The normalized spacial score (nSPS) is 14.1. The van der Waals surface area contributed by atoms with E-state index in [1.807, 2.05) is 20.8 Å². The van der Waals surface area contributed by atoms with Crippen LogP contribution in [-0.2, 0) is 11.2 Å². The molecular formula is C15H22F2N2O2. The summed E-state index contributed by atoms with van der Waals surface area (Å²) in [6, 6.07) is 6.01. The van der Waals surface area contributed by atoms with Gasteiger partial charge in [-0.2, -0.15) is 8.78 Å². The first-order valence-corrected chi connectivity index (χ1v) is 6.81. The third-order valence-electron chi connectivity index (χ3n) is 3.64. The number of hydrogen-bond donors (Lipinski definition) is 2. The summed E-state index contributed by atoms with van der Waals surface area (Å²) in [4.78, 5) is 12.0. The Hall–Kier alpha value is -1.69. The van der Waals surface area contributed by atoms with E-state index in [9.17, 15) is 13.6 Å². The smallest absolute Gasteiger partial charge is 0.387 e. The molecule has 21 heavy (non-hydrogen) atoms. The van der Waals surface area contributed by atoms with Crippen molar-refractivity contribution >= 4 is 5.91 Å². The highest BCUT2D eigenvalue weighted by Gasteiger charge is 2.28. The van der Waals surface area contributed by atoms with Crippen LogP contribution in [-0.4, -0.2) is 24.6 Å². The third kappa shape index (κ3) is 5.30. The Morgan fingerprint density at radius 2 is 1.90 bits per heavy atom. The average molecular weight is 300 g/mol. The summed E-state index contributed by atoms with van der Waals surface area (Å²) in [5, 5.41) is 2.92. The predicted molar refractivity (Wildman–Crippen MR) is 77.2 cm³/mol. The Balaban J connectivity index is 2.62. The molecule has 4 nitrogen and oxygen atoms in total. The predicted octanol–water partition coefficient (Wildman–Crippen LogP) is 2.32. The van der Waals surface area contributed by atoms with Gasteiger partial charge in [-0.1, -0.05) is 26.0 Å². The first-order valence-electron chi connectivity index (χ1n) is 6.81. The van der Waals surface area contributed by atoms with Crippen LogP contribution in [0.4, 0.5) is 8.78 Å². The summed E-state index contributed by atoms with van der Waals surface area (Å²) in [5.74, 6) is 0.121. The summed E-state index contributed by atoms with van der Waals surface area (Å²) < 4.78 is 28.3. The summed E-state index contributed by atoms with van der Waals surface area (Å²) >= 11 is 0. The molecule has 0 saturated heterocycles. The van der Waals surface area contributed by atoms with Gasteiger partial charge < -0.3 is 15.8 Å². The molecule has 0 aliphatic heterocycles. The van der Waals surface area contributed by atoms with E-state index in [0.717, 1.165) is 5.56 Å². The van der Waals surface area contributed by atoms with Crippen LogP contribution in [0.15, 0.2) is 24.3 Å². The van der Waals surface area contributed by atoms with E-state index in [0.29, 0.717) is 6.54 Å². The van der Waals surface area contributed by atoms with Gasteiger partial charge >= 0.3 is 6.61 Å². The molecule has 1 rings (SSSR count). The molecule has 0 aromatic heterocycles. The molecule has 0 heterocycles. The molecule has 0 fully saturated rings. The molecule has 0 aliphatic rings. The molecule has 1 aromatic rings. The number of nitrogens with two attached hydrogens (primary N) is 1. The first kappa shape index (κ1) is 17.4. The van der Waals surface area contributed by atoms with Gasteiger partial charge in [-0.25, -0.2) is 0 Å². The van der Waals surface area contributed by atoms with Crippen molar-refractivity contribution in [2.24, 2.45) is 11.7 Å². The number of rotatable bonds is 7. The van der Waals surface area contributed by atoms with Gasteiger partial charge in [0, 0.05) is 6.54 Å². The maximum atomic E-state index is 12.0. The zero-order chi connectivity index (χ0) is 16.0. The Labute approximate surface area is 123 Å². The van der Waals surface area contributed by atoms with Crippen molar-refractivity contribution in [1.82, 2.24) is 5.32 Å². The van der Waals surface area contributed by atoms with Crippen LogP contribution in [0.5, 0.6) is 5.75 Å². The summed E-state index contributed by atoms with van der Waals surface area (Å²) in [6.45, 7) is 3.37. The zero-order valence-corrected chi connectivity index (χ0v) is 12.5. The molecule has 1 unspecified atom stereocenters. The minimum Gasteiger partial charge on any atom is -0.435 e. The van der Waals surface area contributed by atoms with Crippen LogP contribution < -0.4 is 15.8 Å². The lowest BCUT2D eigenvalue weighted by molar-refractivity contribution is -0.122. The maximum Gasteiger partial charge on any atom is 0.387 e. The van der Waals surface area contributed by atoms with E-state index in [4.69, 9.17) is 5.73 Å². The van der Waals surface area contributed by atoms with E-state index < -0.39 is 12.2 Å². The second-order valence-corrected chi connectivity index (χ2v) is 5.52. The molecule has 1 atom stereocenters. The Bertz CT molecular complexity index is 463. The molecule has 1 aromatic carbocycles. The lowest BCUT2D eigenvalue weighted by Gasteiger charge is -2.33. The fourth-order valence-corrected chi connectivity index (χ4v) is 1.77. The summed E-state index contributed by atoms with van der Waals surface area (Å²) in [7, 11) is 0. The van der Waals surface area contributed by atoms with E-state index in [1.54, 1.807) is 12.1 Å². The molecule has 118 valence electrons. The first-order chi connectivity index (χ1) is 9.76.